The van der Waals surface area contributed by atoms with Crippen LogP contribution >= 0.6 is 0 Å². The van der Waals surface area contributed by atoms with Gasteiger partial charge in [-0.15, -0.1) is 0 Å². The number of hydrogen-bond acceptors (Lipinski definition) is 7. The number of nitrogens with zero attached hydrogens (tertiary/aromatic N) is 3. The van der Waals surface area contributed by atoms with Crippen LogP contribution in [-0.4, -0.2) is 37.6 Å². The van der Waals surface area contributed by atoms with Crippen LogP contribution in [0.5, 0.6) is 0 Å². The first-order valence-corrected chi connectivity index (χ1v) is 10.2. The molecule has 10 nitrogen and oxygen atoms in total. The number of carbonyl (C=O) groups excluding carboxylic acids is 1. The first kappa shape index (κ1) is 19.2. The van der Waals surface area contributed by atoms with Gasteiger partial charge < -0.3 is 0 Å². The Balaban J connectivity index is 2.54. The number of rotatable bonds is 6. The topological polar surface area (TPSA) is 144 Å². The molecule has 0 atom stereocenters. The summed E-state index contributed by atoms with van der Waals surface area (Å²) < 4.78 is 53.0. The SMILES string of the molecule is O=C=NS(=O)(=O)N(C1CCCCC1)S(=O)(=O)c1ccc([N+](=O)[O-])cc1. The predicted molar refractivity (Wildman–Crippen MR) is 86.0 cm³/mol. The van der Waals surface area contributed by atoms with Gasteiger partial charge in [0.1, 0.15) is 0 Å². The largest absolute Gasteiger partial charge is 0.346 e. The highest BCUT2D eigenvalue weighted by Crippen LogP contribution is 2.31. The first-order valence-electron chi connectivity index (χ1n) is 7.33. The molecule has 1 aromatic carbocycles. The third kappa shape index (κ3) is 4.10. The smallest absolute Gasteiger partial charge is 0.258 e. The van der Waals surface area contributed by atoms with E-state index in [9.17, 15) is 31.7 Å². The molecule has 1 aromatic rings. The molecule has 0 N–H and O–H groups in total. The van der Waals surface area contributed by atoms with E-state index < -0.39 is 36.1 Å². The monoisotopic (exact) mass is 389 g/mol. The van der Waals surface area contributed by atoms with Crippen molar-refractivity contribution in [3.05, 3.63) is 34.4 Å². The fraction of sp³-hybridized carbons (Fsp3) is 0.462. The first-order chi connectivity index (χ1) is 11.7. The maximum atomic E-state index is 12.8. The minimum atomic E-state index is -4.79. The molecule has 0 amide bonds. The van der Waals surface area contributed by atoms with Crippen molar-refractivity contribution >= 4 is 32.0 Å². The molecule has 0 saturated heterocycles. The zero-order valence-electron chi connectivity index (χ0n) is 12.9. The number of benzene rings is 1. The highest BCUT2D eigenvalue weighted by molar-refractivity contribution is 8.03. The molecule has 1 saturated carbocycles. The third-order valence-electron chi connectivity index (χ3n) is 3.84. The van der Waals surface area contributed by atoms with Crippen molar-refractivity contribution in [3.63, 3.8) is 0 Å². The summed E-state index contributed by atoms with van der Waals surface area (Å²) in [5.74, 6) is 0. The van der Waals surface area contributed by atoms with Crippen LogP contribution in [0.1, 0.15) is 32.1 Å². The predicted octanol–water partition coefficient (Wildman–Crippen LogP) is 1.50. The molecule has 0 aromatic heterocycles. The molecule has 0 unspecified atom stereocenters. The van der Waals surface area contributed by atoms with Gasteiger partial charge in [0.25, 0.3) is 21.8 Å². The van der Waals surface area contributed by atoms with E-state index in [0.29, 0.717) is 25.7 Å². The van der Waals surface area contributed by atoms with E-state index in [1.165, 1.54) is 0 Å². The summed E-state index contributed by atoms with van der Waals surface area (Å²) in [5.41, 5.74) is -0.336. The fourth-order valence-corrected chi connectivity index (χ4v) is 6.14. The summed E-state index contributed by atoms with van der Waals surface area (Å²) in [5, 5.41) is 10.7. The van der Waals surface area contributed by atoms with Crippen molar-refractivity contribution in [2.75, 3.05) is 0 Å². The lowest BCUT2D eigenvalue weighted by Gasteiger charge is -2.30. The molecule has 0 aliphatic heterocycles. The highest BCUT2D eigenvalue weighted by atomic mass is 32.3. The second kappa shape index (κ2) is 7.40. The third-order valence-corrected chi connectivity index (χ3v) is 7.69. The summed E-state index contributed by atoms with van der Waals surface area (Å²) in [6.07, 6.45) is 3.60. The molecule has 0 spiro atoms. The fourth-order valence-electron chi connectivity index (χ4n) is 2.73. The van der Waals surface area contributed by atoms with Gasteiger partial charge in [0, 0.05) is 18.2 Å². The Morgan fingerprint density at radius 2 is 1.64 bits per heavy atom. The molecule has 136 valence electrons. The van der Waals surface area contributed by atoms with Crippen LogP contribution in [0.25, 0.3) is 0 Å². The van der Waals surface area contributed by atoms with Crippen molar-refractivity contribution in [2.45, 2.75) is 43.0 Å². The van der Waals surface area contributed by atoms with E-state index in [2.05, 4.69) is 4.40 Å². The maximum absolute atomic E-state index is 12.8. The van der Waals surface area contributed by atoms with Gasteiger partial charge in [0.05, 0.1) is 9.82 Å². The van der Waals surface area contributed by atoms with Crippen LogP contribution in [0.4, 0.5) is 5.69 Å². The Labute approximate surface area is 144 Å². The van der Waals surface area contributed by atoms with Gasteiger partial charge in [-0.2, -0.15) is 8.42 Å². The number of sulfonamides is 1. The van der Waals surface area contributed by atoms with Crippen LogP contribution in [0.2, 0.25) is 0 Å². The van der Waals surface area contributed by atoms with Gasteiger partial charge in [-0.05, 0) is 25.0 Å². The van der Waals surface area contributed by atoms with E-state index >= 15 is 0 Å². The van der Waals surface area contributed by atoms with Crippen LogP contribution < -0.4 is 0 Å². The number of nitro groups is 1. The summed E-state index contributed by atoms with van der Waals surface area (Å²) in [4.78, 5) is 20.0. The number of nitro benzene ring substituents is 1. The molecule has 1 aliphatic carbocycles. The second-order valence-electron chi connectivity index (χ2n) is 5.43. The maximum Gasteiger partial charge on any atom is 0.346 e. The molecular formula is C13H15N3O7S2. The van der Waals surface area contributed by atoms with E-state index in [4.69, 9.17) is 0 Å². The molecule has 2 rings (SSSR count). The summed E-state index contributed by atoms with van der Waals surface area (Å²) in [6, 6.07) is 2.95. The van der Waals surface area contributed by atoms with E-state index in [-0.39, 0.29) is 9.40 Å². The Bertz CT molecular complexity index is 897. The van der Waals surface area contributed by atoms with E-state index in [0.717, 1.165) is 36.8 Å². The Morgan fingerprint density at radius 3 is 2.12 bits per heavy atom. The molecule has 0 heterocycles. The lowest BCUT2D eigenvalue weighted by molar-refractivity contribution is -0.384. The molecular weight excluding hydrogens is 374 g/mol. The molecule has 12 heteroatoms. The van der Waals surface area contributed by atoms with Crippen LogP contribution in [0, 0.1) is 10.1 Å². The van der Waals surface area contributed by atoms with Crippen molar-refractivity contribution in [1.82, 2.24) is 3.71 Å². The highest BCUT2D eigenvalue weighted by Gasteiger charge is 2.41. The summed E-state index contributed by atoms with van der Waals surface area (Å²) >= 11 is 0. The van der Waals surface area contributed by atoms with Gasteiger partial charge in [0.2, 0.25) is 0 Å². The van der Waals surface area contributed by atoms with Gasteiger partial charge >= 0.3 is 10.2 Å². The van der Waals surface area contributed by atoms with Crippen molar-refractivity contribution in [2.24, 2.45) is 4.40 Å². The molecule has 1 fully saturated rings. The lowest BCUT2D eigenvalue weighted by atomic mass is 9.96. The Morgan fingerprint density at radius 1 is 1.08 bits per heavy atom. The summed E-state index contributed by atoms with van der Waals surface area (Å²) in [7, 11) is -9.36. The minimum absolute atomic E-state index is 0.227. The standard InChI is InChI=1S/C13H15N3O7S2/c17-10-14-25(22,23)16(12-4-2-1-3-5-12)24(20,21)13-8-6-11(7-9-13)15(18)19/h6-9,12H,1-5H2. The number of isocyanates is 1. The van der Waals surface area contributed by atoms with Crippen LogP contribution in [0.3, 0.4) is 0 Å². The Kier molecular flexibility index (Phi) is 5.68. The van der Waals surface area contributed by atoms with E-state index in [1.807, 2.05) is 0 Å². The second-order valence-corrected chi connectivity index (χ2v) is 8.95. The molecule has 25 heavy (non-hydrogen) atoms. The van der Waals surface area contributed by atoms with E-state index in [1.54, 1.807) is 0 Å². The van der Waals surface area contributed by atoms with Crippen molar-refractivity contribution in [3.8, 4) is 0 Å². The normalized spacial score (nSPS) is 16.4. The number of hydrogen-bond donors (Lipinski definition) is 0. The van der Waals surface area contributed by atoms with Gasteiger partial charge in [-0.25, -0.2) is 13.2 Å². The molecule has 0 bridgehead atoms. The zero-order chi connectivity index (χ0) is 18.7. The quantitative estimate of drug-likeness (QED) is 0.310. The van der Waals surface area contributed by atoms with Crippen molar-refractivity contribution in [1.29, 1.82) is 0 Å². The average molecular weight is 389 g/mol. The lowest BCUT2D eigenvalue weighted by Crippen LogP contribution is -2.44. The van der Waals surface area contributed by atoms with Crippen molar-refractivity contribution < 1.29 is 26.6 Å². The zero-order valence-corrected chi connectivity index (χ0v) is 14.6. The van der Waals surface area contributed by atoms with Gasteiger partial charge in [-0.1, -0.05) is 27.4 Å². The van der Waals surface area contributed by atoms with Gasteiger partial charge in [-0.3, -0.25) is 10.1 Å². The Hall–Kier alpha value is -2.14. The summed E-state index contributed by atoms with van der Waals surface area (Å²) in [6.45, 7) is 0. The molecule has 1 aliphatic rings. The van der Waals surface area contributed by atoms with Crippen LogP contribution in [-0.2, 0) is 25.0 Å². The average Bonchev–Trinajstić information content (AvgIpc) is 2.55. The number of non-ortho nitro benzene ring substituents is 1. The van der Waals surface area contributed by atoms with Crippen LogP contribution in [0.15, 0.2) is 33.6 Å². The molecule has 0 radical (unpaired) electrons. The minimum Gasteiger partial charge on any atom is -0.258 e. The van der Waals surface area contributed by atoms with Gasteiger partial charge in [0.15, 0.2) is 0 Å².